The van der Waals surface area contributed by atoms with Crippen molar-refractivity contribution < 1.29 is 34.1 Å². The van der Waals surface area contributed by atoms with E-state index in [1.807, 2.05) is 0 Å². The Morgan fingerprint density at radius 1 is 1.16 bits per heavy atom. The quantitative estimate of drug-likeness (QED) is 0.172. The zero-order chi connectivity index (χ0) is 30.8. The van der Waals surface area contributed by atoms with Gasteiger partial charge in [0.2, 0.25) is 0 Å². The zero-order valence-electron chi connectivity index (χ0n) is 23.7. The second-order valence-corrected chi connectivity index (χ2v) is 10.2. The molecule has 3 heterocycles. The van der Waals surface area contributed by atoms with E-state index in [0.717, 1.165) is 6.08 Å². The maximum Gasteiger partial charge on any atom is 0.275 e. The number of rotatable bonds is 6. The summed E-state index contributed by atoms with van der Waals surface area (Å²) in [4.78, 5) is 39.9. The first-order valence-electron chi connectivity index (χ1n) is 13.0. The molecule has 1 aliphatic carbocycles. The lowest BCUT2D eigenvalue weighted by molar-refractivity contribution is -0.123. The molecule has 0 saturated carbocycles. The molecule has 0 spiro atoms. The molecule has 1 aliphatic heterocycles. The fourth-order valence-electron chi connectivity index (χ4n) is 5.44. The third-order valence-corrected chi connectivity index (χ3v) is 7.66. The van der Waals surface area contributed by atoms with Crippen molar-refractivity contribution in [3.63, 3.8) is 0 Å². The number of fused-ring (bicyclic) bond motifs is 3. The highest BCUT2D eigenvalue weighted by Gasteiger charge is 2.56. The van der Waals surface area contributed by atoms with Gasteiger partial charge in [-0.3, -0.25) is 14.4 Å². The van der Waals surface area contributed by atoms with Crippen LogP contribution in [0.15, 0.2) is 59.8 Å². The summed E-state index contributed by atoms with van der Waals surface area (Å²) in [5, 5.41) is 40.8. The molecule has 0 bridgehead atoms. The van der Waals surface area contributed by atoms with Crippen LogP contribution in [0.1, 0.15) is 42.3 Å². The van der Waals surface area contributed by atoms with Gasteiger partial charge in [-0.1, -0.05) is 5.10 Å². The number of aromatic hydroxyl groups is 2. The minimum Gasteiger partial charge on any atom is -0.507 e. The smallest absolute Gasteiger partial charge is 0.275 e. The molecule has 43 heavy (non-hydrogen) atoms. The number of benzene rings is 2. The van der Waals surface area contributed by atoms with E-state index in [1.165, 1.54) is 37.2 Å². The van der Waals surface area contributed by atoms with E-state index in [1.54, 1.807) is 43.6 Å². The molecule has 0 amide bonds. The molecule has 14 heteroatoms. The van der Waals surface area contributed by atoms with E-state index in [2.05, 4.69) is 25.9 Å². The fraction of sp³-hybridized carbons (Fsp3) is 0.207. The van der Waals surface area contributed by atoms with Crippen LogP contribution in [0.5, 0.6) is 23.0 Å². The largest absolute Gasteiger partial charge is 0.507 e. The number of hydrogen-bond acceptors (Lipinski definition) is 12. The highest BCUT2D eigenvalue weighted by molar-refractivity contribution is 6.31. The number of Topliss-reactive ketones (excluding diaryl/α,β-unsaturated/α-hetero) is 2. The van der Waals surface area contributed by atoms with Crippen molar-refractivity contribution in [1.82, 2.24) is 30.0 Å². The van der Waals surface area contributed by atoms with Crippen molar-refractivity contribution in [3.8, 4) is 34.6 Å². The van der Waals surface area contributed by atoms with Gasteiger partial charge in [0.1, 0.15) is 45.4 Å². The number of anilines is 1. The third kappa shape index (κ3) is 3.90. The Labute approximate surface area is 243 Å². The number of nitrogens with one attached hydrogen (secondary N) is 1. The van der Waals surface area contributed by atoms with Gasteiger partial charge in [-0.05, 0) is 62.4 Å². The first-order chi connectivity index (χ1) is 20.5. The Balaban J connectivity index is 1.43. The van der Waals surface area contributed by atoms with Gasteiger partial charge >= 0.3 is 0 Å². The highest BCUT2D eigenvalue weighted by atomic mass is 16.5. The third-order valence-electron chi connectivity index (χ3n) is 7.66. The predicted octanol–water partition coefficient (Wildman–Crippen LogP) is 2.85. The number of hydrogen-bond donors (Lipinski definition) is 3. The van der Waals surface area contributed by atoms with Gasteiger partial charge in [0.25, 0.3) is 5.95 Å². The van der Waals surface area contributed by atoms with Gasteiger partial charge in [-0.2, -0.15) is 9.78 Å². The van der Waals surface area contributed by atoms with Gasteiger partial charge in [0.15, 0.2) is 17.3 Å². The van der Waals surface area contributed by atoms with Crippen molar-refractivity contribution in [2.45, 2.75) is 33.1 Å². The standard InChI is InChI=1S/C29H25N7O7/c1-13-24(39)22(15(3)37)26-23(25(13)40)29(4)20(43-26)12-18(38)21(27(29)41)14(2)31-16-7-8-19(42-5)17(11-16)36-28(32-33-34-36)35-10-6-9-30-35/h6-12,31,39-40H,1-5H3/b21-14+/t29-/m0/s1. The van der Waals surface area contributed by atoms with Crippen LogP contribution in [0, 0.1) is 6.92 Å². The maximum atomic E-state index is 14.1. The number of phenols is 2. The van der Waals surface area contributed by atoms with Gasteiger partial charge in [0.05, 0.1) is 18.2 Å². The van der Waals surface area contributed by atoms with E-state index in [4.69, 9.17) is 9.47 Å². The molecule has 1 atom stereocenters. The molecule has 0 saturated heterocycles. The first-order valence-corrected chi connectivity index (χ1v) is 13.0. The van der Waals surface area contributed by atoms with Gasteiger partial charge in [-0.15, -0.1) is 0 Å². The average molecular weight is 584 g/mol. The van der Waals surface area contributed by atoms with Crippen molar-refractivity contribution in [1.29, 1.82) is 0 Å². The molecule has 3 N–H and O–H groups in total. The summed E-state index contributed by atoms with van der Waals surface area (Å²) < 4.78 is 14.2. The molecule has 218 valence electrons. The molecular formula is C29H25N7O7. The monoisotopic (exact) mass is 583 g/mol. The number of phenolic OH excluding ortho intramolecular Hbond substituents is 2. The number of ether oxygens (including phenoxy) is 2. The Morgan fingerprint density at radius 3 is 2.60 bits per heavy atom. The number of tetrazole rings is 1. The fourth-order valence-corrected chi connectivity index (χ4v) is 5.44. The van der Waals surface area contributed by atoms with Crippen LogP contribution in [0.2, 0.25) is 0 Å². The molecule has 2 aromatic carbocycles. The second kappa shape index (κ2) is 9.65. The number of aromatic nitrogens is 6. The van der Waals surface area contributed by atoms with E-state index in [-0.39, 0.29) is 39.5 Å². The summed E-state index contributed by atoms with van der Waals surface area (Å²) in [5.41, 5.74) is -0.798. The van der Waals surface area contributed by atoms with Gasteiger partial charge < -0.3 is 25.0 Å². The van der Waals surface area contributed by atoms with Crippen molar-refractivity contribution in [2.75, 3.05) is 12.4 Å². The van der Waals surface area contributed by atoms with Crippen LogP contribution >= 0.6 is 0 Å². The normalized spacial score (nSPS) is 18.5. The Morgan fingerprint density at radius 2 is 1.93 bits per heavy atom. The van der Waals surface area contributed by atoms with Crippen LogP contribution in [-0.4, -0.2) is 64.7 Å². The zero-order valence-corrected chi connectivity index (χ0v) is 23.7. The summed E-state index contributed by atoms with van der Waals surface area (Å²) in [6, 6.07) is 6.76. The van der Waals surface area contributed by atoms with Gasteiger partial charge in [0, 0.05) is 35.4 Å². The molecule has 14 nitrogen and oxygen atoms in total. The summed E-state index contributed by atoms with van der Waals surface area (Å²) in [6.45, 7) is 5.74. The lowest BCUT2D eigenvalue weighted by Crippen LogP contribution is -2.40. The Bertz CT molecular complexity index is 1940. The second-order valence-electron chi connectivity index (χ2n) is 10.2. The molecule has 0 fully saturated rings. The average Bonchev–Trinajstić information content (AvgIpc) is 3.72. The van der Waals surface area contributed by atoms with E-state index in [9.17, 15) is 24.6 Å². The van der Waals surface area contributed by atoms with Crippen LogP contribution < -0.4 is 14.8 Å². The summed E-state index contributed by atoms with van der Waals surface area (Å²) >= 11 is 0. The van der Waals surface area contributed by atoms with Crippen LogP contribution in [0.3, 0.4) is 0 Å². The lowest BCUT2D eigenvalue weighted by Gasteiger charge is -2.29. The highest BCUT2D eigenvalue weighted by Crippen LogP contribution is 2.57. The molecular weight excluding hydrogens is 558 g/mol. The summed E-state index contributed by atoms with van der Waals surface area (Å²) in [5.74, 6) is -2.11. The number of carbonyl (C=O) groups excluding carboxylic acids is 3. The van der Waals surface area contributed by atoms with Crippen molar-refractivity contribution >= 4 is 23.0 Å². The van der Waals surface area contributed by atoms with Crippen molar-refractivity contribution in [2.24, 2.45) is 0 Å². The SMILES string of the molecule is COc1ccc(N/C(C)=C2\C(=O)C=C3Oc4c(C(C)=O)c(O)c(C)c(O)c4[C@@]3(C)C2=O)cc1-n1nnnc1-n1cccn1. The summed E-state index contributed by atoms with van der Waals surface area (Å²) in [7, 11) is 1.50. The number of methoxy groups -OCH3 is 1. The predicted molar refractivity (Wildman–Crippen MR) is 150 cm³/mol. The minimum absolute atomic E-state index is 0.0126. The van der Waals surface area contributed by atoms with E-state index < -0.39 is 34.3 Å². The van der Waals surface area contributed by atoms with Crippen LogP contribution in [-0.2, 0) is 15.0 Å². The van der Waals surface area contributed by atoms with Gasteiger partial charge in [-0.25, -0.2) is 4.68 Å². The number of carbonyl (C=O) groups is 3. The number of ketones is 3. The number of allylic oxidation sites excluding steroid dienone is 4. The Kier molecular flexibility index (Phi) is 6.14. The summed E-state index contributed by atoms with van der Waals surface area (Å²) in [6.07, 6.45) is 4.42. The van der Waals surface area contributed by atoms with Crippen LogP contribution in [0.25, 0.3) is 11.6 Å². The van der Waals surface area contributed by atoms with Crippen molar-refractivity contribution in [3.05, 3.63) is 76.5 Å². The maximum absolute atomic E-state index is 14.1. The van der Waals surface area contributed by atoms with Crippen LogP contribution in [0.4, 0.5) is 5.69 Å². The lowest BCUT2D eigenvalue weighted by atomic mass is 9.70. The molecule has 0 radical (unpaired) electrons. The number of nitrogens with zero attached hydrogens (tertiary/aromatic N) is 6. The topological polar surface area (TPSA) is 184 Å². The molecule has 4 aromatic rings. The van der Waals surface area contributed by atoms with E-state index in [0.29, 0.717) is 23.1 Å². The molecule has 2 aromatic heterocycles. The first kappa shape index (κ1) is 27.4. The molecule has 0 unspecified atom stereocenters. The molecule has 6 rings (SSSR count). The minimum atomic E-state index is -1.63. The Hall–Kier alpha value is -5.79. The van der Waals surface area contributed by atoms with E-state index >= 15 is 0 Å². The molecule has 2 aliphatic rings.